The molecule has 0 bridgehead atoms. The van der Waals surface area contributed by atoms with Crippen molar-refractivity contribution < 1.29 is 14.6 Å². The molecule has 1 aromatic carbocycles. The molecule has 0 fully saturated rings. The van der Waals surface area contributed by atoms with Crippen LogP contribution in [0.3, 0.4) is 0 Å². The first kappa shape index (κ1) is 13.6. The molecule has 0 aliphatic heterocycles. The molecule has 2 rings (SSSR count). The van der Waals surface area contributed by atoms with Crippen LogP contribution < -0.4 is 4.74 Å². The van der Waals surface area contributed by atoms with E-state index in [-0.39, 0.29) is 5.56 Å². The van der Waals surface area contributed by atoms with Crippen molar-refractivity contribution in [2.75, 3.05) is 7.11 Å². The van der Waals surface area contributed by atoms with Gasteiger partial charge in [0, 0.05) is 4.47 Å². The van der Waals surface area contributed by atoms with Crippen LogP contribution in [0.25, 0.3) is 0 Å². The highest BCUT2D eigenvalue weighted by molar-refractivity contribution is 9.10. The monoisotopic (exact) mass is 324 g/mol. The fourth-order valence-electron chi connectivity index (χ4n) is 1.78. The summed E-state index contributed by atoms with van der Waals surface area (Å²) in [5.74, 6) is -0.213. The topological polar surface area (TPSA) is 64.4 Å². The van der Waals surface area contributed by atoms with E-state index in [1.165, 1.54) is 6.20 Å². The van der Waals surface area contributed by atoms with Crippen molar-refractivity contribution in [2.45, 2.75) is 13.5 Å². The molecule has 0 aliphatic carbocycles. The number of carboxylic acid groups (broad SMARTS) is 1. The predicted octanol–water partition coefficient (Wildman–Crippen LogP) is 2.71. The average molecular weight is 325 g/mol. The number of hydrogen-bond donors (Lipinski definition) is 1. The zero-order chi connectivity index (χ0) is 14.0. The van der Waals surface area contributed by atoms with Crippen LogP contribution in [0.1, 0.15) is 21.6 Å². The van der Waals surface area contributed by atoms with E-state index >= 15 is 0 Å². The third-order valence-electron chi connectivity index (χ3n) is 2.91. The van der Waals surface area contributed by atoms with Gasteiger partial charge in [-0.3, -0.25) is 4.68 Å². The van der Waals surface area contributed by atoms with E-state index in [0.717, 1.165) is 15.8 Å². The molecular formula is C13H13BrN2O3. The Balaban J connectivity index is 2.33. The van der Waals surface area contributed by atoms with E-state index in [0.29, 0.717) is 12.2 Å². The first-order chi connectivity index (χ1) is 9.02. The Morgan fingerprint density at radius 1 is 1.53 bits per heavy atom. The van der Waals surface area contributed by atoms with E-state index in [9.17, 15) is 4.79 Å². The Morgan fingerprint density at radius 3 is 2.84 bits per heavy atom. The third kappa shape index (κ3) is 2.78. The zero-order valence-electron chi connectivity index (χ0n) is 10.6. The van der Waals surface area contributed by atoms with Crippen LogP contribution in [0, 0.1) is 6.92 Å². The molecule has 1 aromatic heterocycles. The van der Waals surface area contributed by atoms with Crippen LogP contribution in [0.2, 0.25) is 0 Å². The average Bonchev–Trinajstić information content (AvgIpc) is 2.74. The van der Waals surface area contributed by atoms with Gasteiger partial charge in [-0.25, -0.2) is 4.79 Å². The second kappa shape index (κ2) is 5.44. The second-order valence-corrected chi connectivity index (χ2v) is 4.92. The molecule has 0 saturated heterocycles. The smallest absolute Gasteiger partial charge is 0.339 e. The lowest BCUT2D eigenvalue weighted by molar-refractivity contribution is 0.0696. The number of halogens is 1. The predicted molar refractivity (Wildman–Crippen MR) is 73.7 cm³/mol. The Bertz CT molecular complexity index is 622. The van der Waals surface area contributed by atoms with Crippen LogP contribution in [-0.4, -0.2) is 28.0 Å². The highest BCUT2D eigenvalue weighted by atomic mass is 79.9. The molecule has 0 radical (unpaired) electrons. The van der Waals surface area contributed by atoms with Crippen LogP contribution >= 0.6 is 15.9 Å². The largest absolute Gasteiger partial charge is 0.497 e. The van der Waals surface area contributed by atoms with Crippen molar-refractivity contribution in [2.24, 2.45) is 0 Å². The molecule has 0 aliphatic rings. The summed E-state index contributed by atoms with van der Waals surface area (Å²) in [6.45, 7) is 2.22. The summed E-state index contributed by atoms with van der Waals surface area (Å²) < 4.78 is 7.76. The van der Waals surface area contributed by atoms with E-state index in [1.807, 2.05) is 18.2 Å². The minimum atomic E-state index is -0.964. The minimum Gasteiger partial charge on any atom is -0.497 e. The number of ether oxygens (including phenoxy) is 1. The number of aromatic nitrogens is 2. The Hall–Kier alpha value is -1.82. The van der Waals surface area contributed by atoms with Gasteiger partial charge in [-0.1, -0.05) is 15.9 Å². The van der Waals surface area contributed by atoms with Crippen LogP contribution in [0.5, 0.6) is 5.75 Å². The summed E-state index contributed by atoms with van der Waals surface area (Å²) in [5, 5.41) is 13.1. The van der Waals surface area contributed by atoms with Gasteiger partial charge in [-0.2, -0.15) is 5.10 Å². The Labute approximate surface area is 118 Å². The molecule has 0 atom stereocenters. The number of nitrogens with zero attached hydrogens (tertiary/aromatic N) is 2. The number of methoxy groups -OCH3 is 1. The van der Waals surface area contributed by atoms with Gasteiger partial charge in [0.15, 0.2) is 0 Å². The summed E-state index contributed by atoms with van der Waals surface area (Å²) in [7, 11) is 1.61. The van der Waals surface area contributed by atoms with Gasteiger partial charge in [-0.05, 0) is 30.7 Å². The molecule has 19 heavy (non-hydrogen) atoms. The van der Waals surface area contributed by atoms with Gasteiger partial charge >= 0.3 is 5.97 Å². The van der Waals surface area contributed by atoms with E-state index in [1.54, 1.807) is 18.7 Å². The fraction of sp³-hybridized carbons (Fsp3) is 0.231. The highest BCUT2D eigenvalue weighted by Gasteiger charge is 2.13. The van der Waals surface area contributed by atoms with Crippen molar-refractivity contribution in [3.8, 4) is 5.75 Å². The van der Waals surface area contributed by atoms with Crippen molar-refractivity contribution in [3.05, 3.63) is 45.7 Å². The highest BCUT2D eigenvalue weighted by Crippen LogP contribution is 2.23. The molecule has 0 spiro atoms. The summed E-state index contributed by atoms with van der Waals surface area (Å²) >= 11 is 3.46. The maximum absolute atomic E-state index is 11.0. The zero-order valence-corrected chi connectivity index (χ0v) is 12.1. The number of carboxylic acids is 1. The van der Waals surface area contributed by atoms with Gasteiger partial charge in [0.05, 0.1) is 25.5 Å². The number of hydrogen-bond acceptors (Lipinski definition) is 3. The van der Waals surface area contributed by atoms with E-state index < -0.39 is 5.97 Å². The molecule has 1 heterocycles. The normalized spacial score (nSPS) is 10.5. The van der Waals surface area contributed by atoms with Crippen LogP contribution in [0.15, 0.2) is 28.9 Å². The summed E-state index contributed by atoms with van der Waals surface area (Å²) in [4.78, 5) is 11.0. The lowest BCUT2D eigenvalue weighted by atomic mass is 10.2. The van der Waals surface area contributed by atoms with Crippen molar-refractivity contribution in [1.82, 2.24) is 9.78 Å². The molecule has 0 unspecified atom stereocenters. The van der Waals surface area contributed by atoms with Crippen LogP contribution in [-0.2, 0) is 6.54 Å². The number of benzene rings is 1. The molecule has 6 heteroatoms. The van der Waals surface area contributed by atoms with Gasteiger partial charge in [-0.15, -0.1) is 0 Å². The quantitative estimate of drug-likeness (QED) is 0.939. The van der Waals surface area contributed by atoms with Crippen molar-refractivity contribution in [3.63, 3.8) is 0 Å². The standard InChI is InChI=1S/C13H13BrN2O3/c1-8-11(13(17)18)6-15-16(8)7-9-5-10(19-2)3-4-12(9)14/h3-6H,7H2,1-2H3,(H,17,18). The molecule has 0 saturated carbocycles. The first-order valence-corrected chi connectivity index (χ1v) is 6.40. The number of aromatic carboxylic acids is 1. The second-order valence-electron chi connectivity index (χ2n) is 4.06. The van der Waals surface area contributed by atoms with E-state index in [2.05, 4.69) is 21.0 Å². The molecule has 2 aromatic rings. The fourth-order valence-corrected chi connectivity index (χ4v) is 2.15. The lowest BCUT2D eigenvalue weighted by Crippen LogP contribution is -2.06. The molecular weight excluding hydrogens is 312 g/mol. The van der Waals surface area contributed by atoms with Gasteiger partial charge < -0.3 is 9.84 Å². The number of carbonyl (C=O) groups is 1. The Morgan fingerprint density at radius 2 is 2.26 bits per heavy atom. The summed E-state index contributed by atoms with van der Waals surface area (Å²) in [6, 6.07) is 5.64. The van der Waals surface area contributed by atoms with Gasteiger partial charge in [0.25, 0.3) is 0 Å². The van der Waals surface area contributed by atoms with Crippen molar-refractivity contribution >= 4 is 21.9 Å². The maximum atomic E-state index is 11.0. The summed E-state index contributed by atoms with van der Waals surface area (Å²) in [6.07, 6.45) is 1.37. The minimum absolute atomic E-state index is 0.221. The van der Waals surface area contributed by atoms with Gasteiger partial charge in [0.1, 0.15) is 11.3 Å². The summed E-state index contributed by atoms with van der Waals surface area (Å²) in [5.41, 5.74) is 1.82. The SMILES string of the molecule is COc1ccc(Br)c(Cn2ncc(C(=O)O)c2C)c1. The molecule has 0 amide bonds. The van der Waals surface area contributed by atoms with Crippen molar-refractivity contribution in [1.29, 1.82) is 0 Å². The number of rotatable bonds is 4. The van der Waals surface area contributed by atoms with Gasteiger partial charge in [0.2, 0.25) is 0 Å². The third-order valence-corrected chi connectivity index (χ3v) is 3.68. The lowest BCUT2D eigenvalue weighted by Gasteiger charge is -2.09. The first-order valence-electron chi connectivity index (χ1n) is 5.61. The molecule has 1 N–H and O–H groups in total. The van der Waals surface area contributed by atoms with Crippen LogP contribution in [0.4, 0.5) is 0 Å². The molecule has 100 valence electrons. The molecule has 5 nitrogen and oxygen atoms in total. The Kier molecular flexibility index (Phi) is 3.90. The van der Waals surface area contributed by atoms with E-state index in [4.69, 9.17) is 9.84 Å². The maximum Gasteiger partial charge on any atom is 0.339 e.